The molecular weight excluding hydrogens is 194 g/mol. The van der Waals surface area contributed by atoms with Crippen LogP contribution in [0, 0.1) is 16.7 Å². The van der Waals surface area contributed by atoms with Gasteiger partial charge in [-0.2, -0.15) is 5.26 Å². The Bertz CT molecular complexity index is 367. The summed E-state index contributed by atoms with van der Waals surface area (Å²) in [7, 11) is 0. The molecule has 5 heteroatoms. The van der Waals surface area contributed by atoms with Crippen LogP contribution in [0.25, 0.3) is 0 Å². The molecule has 0 radical (unpaired) electrons. The Labute approximate surface area is 88.1 Å². The SMILES string of the molecule is CCC(C)(C#N)C(=O)NCc1ccno1. The Balaban J connectivity index is 2.53. The molecule has 0 aliphatic rings. The zero-order chi connectivity index (χ0) is 11.3. The maximum atomic E-state index is 11.6. The maximum absolute atomic E-state index is 11.6. The van der Waals surface area contributed by atoms with Crippen LogP contribution < -0.4 is 5.32 Å². The number of carbonyl (C=O) groups excluding carboxylic acids is 1. The molecular formula is C10H13N3O2. The van der Waals surface area contributed by atoms with Crippen LogP contribution in [0.1, 0.15) is 26.0 Å². The van der Waals surface area contributed by atoms with Crippen LogP contribution >= 0.6 is 0 Å². The topological polar surface area (TPSA) is 78.9 Å². The molecule has 1 rings (SSSR count). The summed E-state index contributed by atoms with van der Waals surface area (Å²) in [5.74, 6) is 0.281. The van der Waals surface area contributed by atoms with Gasteiger partial charge in [0.15, 0.2) is 5.76 Å². The highest BCUT2D eigenvalue weighted by molar-refractivity contribution is 5.84. The lowest BCUT2D eigenvalue weighted by Crippen LogP contribution is -2.37. The summed E-state index contributed by atoms with van der Waals surface area (Å²) in [5.41, 5.74) is -0.972. The fraction of sp³-hybridized carbons (Fsp3) is 0.500. The van der Waals surface area contributed by atoms with E-state index in [4.69, 9.17) is 9.78 Å². The molecule has 1 atom stereocenters. The van der Waals surface area contributed by atoms with E-state index in [0.29, 0.717) is 12.2 Å². The van der Waals surface area contributed by atoms with Crippen molar-refractivity contribution in [3.05, 3.63) is 18.0 Å². The van der Waals surface area contributed by atoms with E-state index in [1.807, 2.05) is 6.07 Å². The Morgan fingerprint density at radius 1 is 1.80 bits per heavy atom. The first-order valence-electron chi connectivity index (χ1n) is 4.71. The average Bonchev–Trinajstić information content (AvgIpc) is 2.77. The van der Waals surface area contributed by atoms with Crippen molar-refractivity contribution >= 4 is 5.91 Å². The molecule has 80 valence electrons. The Morgan fingerprint density at radius 3 is 3.00 bits per heavy atom. The minimum absolute atomic E-state index is 0.260. The predicted molar refractivity (Wildman–Crippen MR) is 52.4 cm³/mol. The van der Waals surface area contributed by atoms with Crippen LogP contribution in [0.3, 0.4) is 0 Å². The first kappa shape index (κ1) is 11.2. The number of carbonyl (C=O) groups is 1. The summed E-state index contributed by atoms with van der Waals surface area (Å²) in [6.45, 7) is 3.68. The molecule has 0 saturated heterocycles. The number of amides is 1. The summed E-state index contributed by atoms with van der Waals surface area (Å²) in [6.07, 6.45) is 1.98. The smallest absolute Gasteiger partial charge is 0.240 e. The molecule has 0 bridgehead atoms. The van der Waals surface area contributed by atoms with Crippen molar-refractivity contribution in [3.8, 4) is 6.07 Å². The van der Waals surface area contributed by atoms with Crippen LogP contribution in [0.4, 0.5) is 0 Å². The number of hydrogen-bond donors (Lipinski definition) is 1. The fourth-order valence-corrected chi connectivity index (χ4v) is 0.986. The molecule has 1 amide bonds. The number of hydrogen-bond acceptors (Lipinski definition) is 4. The second kappa shape index (κ2) is 4.60. The normalized spacial score (nSPS) is 13.9. The lowest BCUT2D eigenvalue weighted by Gasteiger charge is -2.17. The van der Waals surface area contributed by atoms with Crippen molar-refractivity contribution in [2.45, 2.75) is 26.8 Å². The van der Waals surface area contributed by atoms with Gasteiger partial charge in [0.1, 0.15) is 5.41 Å². The minimum Gasteiger partial charge on any atom is -0.360 e. The minimum atomic E-state index is -0.972. The molecule has 1 aromatic rings. The molecule has 0 aromatic carbocycles. The lowest BCUT2D eigenvalue weighted by atomic mass is 9.88. The Morgan fingerprint density at radius 2 is 2.53 bits per heavy atom. The van der Waals surface area contributed by atoms with Gasteiger partial charge in [-0.15, -0.1) is 0 Å². The molecule has 1 unspecified atom stereocenters. The predicted octanol–water partition coefficient (Wildman–Crippen LogP) is 1.23. The molecule has 5 nitrogen and oxygen atoms in total. The van der Waals surface area contributed by atoms with Crippen LogP contribution in [-0.4, -0.2) is 11.1 Å². The molecule has 1 N–H and O–H groups in total. The average molecular weight is 207 g/mol. The van der Waals surface area contributed by atoms with Crippen molar-refractivity contribution < 1.29 is 9.32 Å². The number of nitriles is 1. The fourth-order valence-electron chi connectivity index (χ4n) is 0.986. The molecule has 0 spiro atoms. The quantitative estimate of drug-likeness (QED) is 0.805. The largest absolute Gasteiger partial charge is 0.360 e. The third-order valence-electron chi connectivity index (χ3n) is 2.37. The molecule has 15 heavy (non-hydrogen) atoms. The third-order valence-corrected chi connectivity index (χ3v) is 2.37. The zero-order valence-corrected chi connectivity index (χ0v) is 8.78. The van der Waals surface area contributed by atoms with Gasteiger partial charge in [-0.05, 0) is 13.3 Å². The summed E-state index contributed by atoms with van der Waals surface area (Å²) in [4.78, 5) is 11.6. The van der Waals surface area contributed by atoms with Gasteiger partial charge in [-0.1, -0.05) is 12.1 Å². The molecule has 0 aliphatic carbocycles. The number of nitrogens with one attached hydrogen (secondary N) is 1. The van der Waals surface area contributed by atoms with Crippen LogP contribution in [0.2, 0.25) is 0 Å². The van der Waals surface area contributed by atoms with Gasteiger partial charge in [0.05, 0.1) is 18.8 Å². The molecule has 0 aliphatic heterocycles. The third kappa shape index (κ3) is 2.56. The van der Waals surface area contributed by atoms with Gasteiger partial charge in [0, 0.05) is 6.07 Å². The van der Waals surface area contributed by atoms with E-state index in [9.17, 15) is 4.79 Å². The highest BCUT2D eigenvalue weighted by atomic mass is 16.5. The monoisotopic (exact) mass is 207 g/mol. The summed E-state index contributed by atoms with van der Waals surface area (Å²) in [5, 5.41) is 15.0. The number of rotatable bonds is 4. The van der Waals surface area contributed by atoms with Crippen molar-refractivity contribution in [2.24, 2.45) is 5.41 Å². The van der Waals surface area contributed by atoms with E-state index in [-0.39, 0.29) is 12.5 Å². The summed E-state index contributed by atoms with van der Waals surface area (Å²) in [6, 6.07) is 3.66. The van der Waals surface area contributed by atoms with Gasteiger partial charge in [0.25, 0.3) is 0 Å². The van der Waals surface area contributed by atoms with E-state index in [2.05, 4.69) is 10.5 Å². The van der Waals surface area contributed by atoms with Crippen molar-refractivity contribution in [3.63, 3.8) is 0 Å². The van der Waals surface area contributed by atoms with Crippen molar-refractivity contribution in [1.82, 2.24) is 10.5 Å². The standard InChI is InChI=1S/C10H13N3O2/c1-3-10(2,7-11)9(14)12-6-8-4-5-13-15-8/h4-5H,3,6H2,1-2H3,(H,12,14). The van der Waals surface area contributed by atoms with Crippen LogP contribution in [0.5, 0.6) is 0 Å². The molecule has 1 heterocycles. The van der Waals surface area contributed by atoms with Gasteiger partial charge in [-0.25, -0.2) is 0 Å². The van der Waals surface area contributed by atoms with Gasteiger partial charge < -0.3 is 9.84 Å². The second-order valence-corrected chi connectivity index (χ2v) is 3.46. The lowest BCUT2D eigenvalue weighted by molar-refractivity contribution is -0.127. The number of nitrogens with zero attached hydrogens (tertiary/aromatic N) is 2. The van der Waals surface area contributed by atoms with E-state index in [0.717, 1.165) is 0 Å². The van der Waals surface area contributed by atoms with Crippen LogP contribution in [-0.2, 0) is 11.3 Å². The van der Waals surface area contributed by atoms with E-state index in [1.54, 1.807) is 19.9 Å². The van der Waals surface area contributed by atoms with Gasteiger partial charge in [0.2, 0.25) is 5.91 Å². The highest BCUT2D eigenvalue weighted by Gasteiger charge is 2.30. The summed E-state index contributed by atoms with van der Waals surface area (Å²) >= 11 is 0. The van der Waals surface area contributed by atoms with Crippen molar-refractivity contribution in [2.75, 3.05) is 0 Å². The first-order valence-corrected chi connectivity index (χ1v) is 4.71. The molecule has 0 saturated carbocycles. The van der Waals surface area contributed by atoms with Crippen molar-refractivity contribution in [1.29, 1.82) is 5.26 Å². The summed E-state index contributed by atoms with van der Waals surface area (Å²) < 4.78 is 4.82. The second-order valence-electron chi connectivity index (χ2n) is 3.46. The van der Waals surface area contributed by atoms with E-state index in [1.165, 1.54) is 6.20 Å². The Hall–Kier alpha value is -1.83. The Kier molecular flexibility index (Phi) is 3.45. The first-order chi connectivity index (χ1) is 7.12. The zero-order valence-electron chi connectivity index (χ0n) is 8.78. The number of aromatic nitrogens is 1. The maximum Gasteiger partial charge on any atom is 0.240 e. The van der Waals surface area contributed by atoms with E-state index >= 15 is 0 Å². The molecule has 0 fully saturated rings. The van der Waals surface area contributed by atoms with Gasteiger partial charge in [-0.3, -0.25) is 4.79 Å². The highest BCUT2D eigenvalue weighted by Crippen LogP contribution is 2.19. The van der Waals surface area contributed by atoms with Crippen LogP contribution in [0.15, 0.2) is 16.8 Å². The molecule has 1 aromatic heterocycles. The van der Waals surface area contributed by atoms with E-state index < -0.39 is 5.41 Å². The van der Waals surface area contributed by atoms with Gasteiger partial charge >= 0.3 is 0 Å².